The highest BCUT2D eigenvalue weighted by Crippen LogP contribution is 2.47. The van der Waals surface area contributed by atoms with Crippen LogP contribution in [0.1, 0.15) is 25.0 Å². The van der Waals surface area contributed by atoms with Crippen LogP contribution in [0, 0.1) is 10.1 Å². The third-order valence-electron chi connectivity index (χ3n) is 3.86. The fourth-order valence-electron chi connectivity index (χ4n) is 2.62. The van der Waals surface area contributed by atoms with Crippen molar-refractivity contribution in [2.75, 3.05) is 26.5 Å². The third-order valence-corrected chi connectivity index (χ3v) is 5.84. The van der Waals surface area contributed by atoms with Crippen molar-refractivity contribution >= 4 is 25.4 Å². The molecular formula is C18H24N5O7P. The normalized spacial score (nSPS) is 11.6. The van der Waals surface area contributed by atoms with Gasteiger partial charge in [-0.1, -0.05) is 0 Å². The average molecular weight is 453 g/mol. The fraction of sp³-hybridized carbons (Fsp3) is 0.389. The summed E-state index contributed by atoms with van der Waals surface area (Å²) in [6, 6.07) is 5.16. The van der Waals surface area contributed by atoms with E-state index < -0.39 is 24.6 Å². The number of amides is 1. The standard InChI is InChI=1S/C18H24N5O7P/c1-4-29-31(27,30-5-2)13-18(24)21-19-9-14-6-7-17(28-3)15(8-14)11-22-12-16(10-20-22)23(25)26/h6-10,12H,4-5,11,13H2,1-3H3,(H,21,24). The first-order valence-corrected chi connectivity index (χ1v) is 11.1. The highest BCUT2D eigenvalue weighted by molar-refractivity contribution is 7.54. The molecule has 168 valence electrons. The predicted octanol–water partition coefficient (Wildman–Crippen LogP) is 2.56. The van der Waals surface area contributed by atoms with E-state index in [1.807, 2.05) is 0 Å². The first-order valence-electron chi connectivity index (χ1n) is 9.34. The Labute approximate surface area is 178 Å². The van der Waals surface area contributed by atoms with Gasteiger partial charge in [-0.3, -0.25) is 24.2 Å². The Bertz CT molecular complexity index is 981. The van der Waals surface area contributed by atoms with Gasteiger partial charge >= 0.3 is 13.3 Å². The monoisotopic (exact) mass is 453 g/mol. The summed E-state index contributed by atoms with van der Waals surface area (Å²) in [7, 11) is -2.00. The maximum Gasteiger partial charge on any atom is 0.340 e. The van der Waals surface area contributed by atoms with Crippen LogP contribution in [-0.4, -0.2) is 53.3 Å². The number of methoxy groups -OCH3 is 1. The Hall–Kier alpha value is -3.08. The van der Waals surface area contributed by atoms with Gasteiger partial charge in [-0.2, -0.15) is 10.2 Å². The van der Waals surface area contributed by atoms with Crippen molar-refractivity contribution in [1.82, 2.24) is 15.2 Å². The number of carbonyl (C=O) groups is 1. The van der Waals surface area contributed by atoms with Crippen LogP contribution in [0.2, 0.25) is 0 Å². The van der Waals surface area contributed by atoms with Gasteiger partial charge in [0.05, 0.1) is 38.0 Å². The zero-order valence-corrected chi connectivity index (χ0v) is 18.3. The summed E-state index contributed by atoms with van der Waals surface area (Å²) in [6.45, 7) is 3.86. The third kappa shape index (κ3) is 7.28. The van der Waals surface area contributed by atoms with Gasteiger partial charge in [-0.05, 0) is 37.6 Å². The maximum atomic E-state index is 12.4. The topological polar surface area (TPSA) is 147 Å². The van der Waals surface area contributed by atoms with Gasteiger partial charge in [0, 0.05) is 5.56 Å². The molecule has 1 N–H and O–H groups in total. The van der Waals surface area contributed by atoms with Crippen LogP contribution in [0.4, 0.5) is 5.69 Å². The van der Waals surface area contributed by atoms with Crippen LogP contribution in [0.5, 0.6) is 5.75 Å². The number of hydrazone groups is 1. The second-order valence-electron chi connectivity index (χ2n) is 6.12. The van der Waals surface area contributed by atoms with E-state index in [9.17, 15) is 19.5 Å². The first-order chi connectivity index (χ1) is 14.8. The van der Waals surface area contributed by atoms with Crippen LogP contribution in [0.25, 0.3) is 0 Å². The summed E-state index contributed by atoms with van der Waals surface area (Å²) >= 11 is 0. The highest BCUT2D eigenvalue weighted by atomic mass is 31.2. The molecule has 0 aliphatic rings. The smallest absolute Gasteiger partial charge is 0.340 e. The number of aromatic nitrogens is 2. The van der Waals surface area contributed by atoms with E-state index in [0.29, 0.717) is 16.9 Å². The minimum absolute atomic E-state index is 0.115. The lowest BCUT2D eigenvalue weighted by molar-refractivity contribution is -0.385. The summed E-state index contributed by atoms with van der Waals surface area (Å²) in [6.07, 6.45) is 3.43. The Morgan fingerprint density at radius 2 is 2.06 bits per heavy atom. The van der Waals surface area contributed by atoms with Crippen molar-refractivity contribution in [2.24, 2.45) is 5.10 Å². The molecule has 0 saturated carbocycles. The van der Waals surface area contributed by atoms with Crippen molar-refractivity contribution in [3.8, 4) is 5.75 Å². The Morgan fingerprint density at radius 3 is 2.65 bits per heavy atom. The molecule has 0 fully saturated rings. The molecule has 1 aromatic heterocycles. The van der Waals surface area contributed by atoms with Gasteiger partial charge in [0.15, 0.2) is 0 Å². The van der Waals surface area contributed by atoms with E-state index in [-0.39, 0.29) is 25.4 Å². The highest BCUT2D eigenvalue weighted by Gasteiger charge is 2.27. The molecule has 0 unspecified atom stereocenters. The summed E-state index contributed by atoms with van der Waals surface area (Å²) in [4.78, 5) is 22.3. The molecule has 0 aliphatic carbocycles. The second-order valence-corrected chi connectivity index (χ2v) is 8.18. The molecule has 0 atom stereocenters. The first kappa shape index (κ1) is 24.2. The van der Waals surface area contributed by atoms with Crippen LogP contribution < -0.4 is 10.2 Å². The van der Waals surface area contributed by atoms with E-state index in [2.05, 4.69) is 15.6 Å². The summed E-state index contributed by atoms with van der Waals surface area (Å²) in [5.41, 5.74) is 3.51. The number of hydrogen-bond acceptors (Lipinski definition) is 9. The van der Waals surface area contributed by atoms with E-state index >= 15 is 0 Å². The van der Waals surface area contributed by atoms with Gasteiger partial charge in [-0.15, -0.1) is 0 Å². The van der Waals surface area contributed by atoms with Gasteiger partial charge < -0.3 is 13.8 Å². The number of ether oxygens (including phenoxy) is 1. The SMILES string of the molecule is CCOP(=O)(CC(=O)NN=Cc1ccc(OC)c(Cn2cc([N+](=O)[O-])cn2)c1)OCC. The van der Waals surface area contributed by atoms with Gasteiger partial charge in [0.2, 0.25) is 0 Å². The molecular weight excluding hydrogens is 429 g/mol. The summed E-state index contributed by atoms with van der Waals surface area (Å²) < 4.78 is 29.3. The van der Waals surface area contributed by atoms with Crippen LogP contribution in [0.15, 0.2) is 35.7 Å². The second kappa shape index (κ2) is 11.3. The minimum Gasteiger partial charge on any atom is -0.496 e. The van der Waals surface area contributed by atoms with Crippen LogP contribution >= 0.6 is 7.60 Å². The summed E-state index contributed by atoms with van der Waals surface area (Å²) in [5.74, 6) is -0.0484. The molecule has 0 spiro atoms. The van der Waals surface area contributed by atoms with Crippen LogP contribution in [-0.2, 0) is 25.0 Å². The molecule has 12 nitrogen and oxygen atoms in total. The lowest BCUT2D eigenvalue weighted by Crippen LogP contribution is -2.22. The number of carbonyl (C=O) groups excluding carboxylic acids is 1. The Kier molecular flexibility index (Phi) is 8.86. The molecule has 1 aromatic carbocycles. The number of nitrogens with one attached hydrogen (secondary N) is 1. The Morgan fingerprint density at radius 1 is 1.35 bits per heavy atom. The molecule has 0 aliphatic heterocycles. The van der Waals surface area contributed by atoms with Crippen molar-refractivity contribution in [3.05, 3.63) is 51.8 Å². The molecule has 0 bridgehead atoms. The molecule has 2 rings (SSSR count). The zero-order chi connectivity index (χ0) is 22.9. The largest absolute Gasteiger partial charge is 0.496 e. The van der Waals surface area contributed by atoms with Gasteiger partial charge in [-0.25, -0.2) is 5.43 Å². The van der Waals surface area contributed by atoms with Crippen molar-refractivity contribution in [1.29, 1.82) is 0 Å². The molecule has 31 heavy (non-hydrogen) atoms. The zero-order valence-electron chi connectivity index (χ0n) is 17.4. The van der Waals surface area contributed by atoms with E-state index in [0.717, 1.165) is 6.20 Å². The fourth-order valence-corrected chi connectivity index (χ4v) is 4.09. The van der Waals surface area contributed by atoms with Crippen molar-refractivity contribution in [2.45, 2.75) is 20.4 Å². The Balaban J connectivity index is 2.06. The lowest BCUT2D eigenvalue weighted by atomic mass is 10.1. The number of nitro groups is 1. The number of benzene rings is 1. The number of rotatable bonds is 12. The average Bonchev–Trinajstić information content (AvgIpc) is 3.17. The molecule has 1 amide bonds. The molecule has 0 saturated heterocycles. The lowest BCUT2D eigenvalue weighted by Gasteiger charge is -2.15. The molecule has 2 aromatic rings. The quantitative estimate of drug-likeness (QED) is 0.223. The van der Waals surface area contributed by atoms with E-state index in [1.165, 1.54) is 24.2 Å². The van der Waals surface area contributed by atoms with Crippen molar-refractivity contribution < 1.29 is 28.1 Å². The summed E-state index contributed by atoms with van der Waals surface area (Å²) in [5, 5.41) is 18.7. The van der Waals surface area contributed by atoms with E-state index in [1.54, 1.807) is 32.0 Å². The predicted molar refractivity (Wildman–Crippen MR) is 112 cm³/mol. The molecule has 13 heteroatoms. The van der Waals surface area contributed by atoms with E-state index in [4.69, 9.17) is 13.8 Å². The van der Waals surface area contributed by atoms with Crippen LogP contribution in [0.3, 0.4) is 0 Å². The molecule has 1 heterocycles. The number of hydrogen-bond donors (Lipinski definition) is 1. The number of nitrogens with zero attached hydrogens (tertiary/aromatic N) is 4. The minimum atomic E-state index is -3.51. The maximum absolute atomic E-state index is 12.4. The molecule has 0 radical (unpaired) electrons. The van der Waals surface area contributed by atoms with Gasteiger partial charge in [0.25, 0.3) is 5.91 Å². The van der Waals surface area contributed by atoms with Crippen molar-refractivity contribution in [3.63, 3.8) is 0 Å². The van der Waals surface area contributed by atoms with Gasteiger partial charge in [0.1, 0.15) is 24.3 Å².